The van der Waals surface area contributed by atoms with Gasteiger partial charge in [-0.1, -0.05) is 18.2 Å². The van der Waals surface area contributed by atoms with Crippen LogP contribution in [-0.4, -0.2) is 46.4 Å². The SMILES string of the molecule is COc1ccccc1CN(CCO)C(=O)Cc1cc(C)[nH]n1. The van der Waals surface area contributed by atoms with E-state index in [0.717, 1.165) is 17.0 Å². The number of carbonyl (C=O) groups excluding carboxylic acids is 1. The van der Waals surface area contributed by atoms with Crippen LogP contribution in [0.15, 0.2) is 30.3 Å². The summed E-state index contributed by atoms with van der Waals surface area (Å²) in [5.41, 5.74) is 2.52. The number of H-pyrrole nitrogens is 1. The van der Waals surface area contributed by atoms with E-state index in [1.165, 1.54) is 0 Å². The van der Waals surface area contributed by atoms with E-state index in [-0.39, 0.29) is 25.5 Å². The van der Waals surface area contributed by atoms with Crippen molar-refractivity contribution in [2.45, 2.75) is 19.9 Å². The van der Waals surface area contributed by atoms with E-state index in [1.807, 2.05) is 37.3 Å². The molecule has 2 aromatic rings. The second kappa shape index (κ2) is 7.61. The molecule has 2 N–H and O–H groups in total. The molecule has 0 atom stereocenters. The number of carbonyl (C=O) groups is 1. The Balaban J connectivity index is 2.10. The largest absolute Gasteiger partial charge is 0.496 e. The number of para-hydroxylation sites is 1. The number of hydrogen-bond acceptors (Lipinski definition) is 4. The van der Waals surface area contributed by atoms with E-state index >= 15 is 0 Å². The highest BCUT2D eigenvalue weighted by Gasteiger charge is 2.17. The predicted octanol–water partition coefficient (Wildman–Crippen LogP) is 1.29. The molecule has 1 aromatic carbocycles. The van der Waals surface area contributed by atoms with Crippen LogP contribution in [0.25, 0.3) is 0 Å². The summed E-state index contributed by atoms with van der Waals surface area (Å²) in [5, 5.41) is 16.1. The second-order valence-electron chi connectivity index (χ2n) is 5.07. The van der Waals surface area contributed by atoms with Gasteiger partial charge in [-0.3, -0.25) is 9.89 Å². The minimum absolute atomic E-state index is 0.0774. The molecule has 118 valence electrons. The number of rotatable bonds is 7. The topological polar surface area (TPSA) is 78.5 Å². The first-order chi connectivity index (χ1) is 10.6. The fourth-order valence-corrected chi connectivity index (χ4v) is 2.28. The van der Waals surface area contributed by atoms with Crippen LogP contribution >= 0.6 is 0 Å². The van der Waals surface area contributed by atoms with Crippen molar-refractivity contribution < 1.29 is 14.6 Å². The maximum atomic E-state index is 12.4. The Labute approximate surface area is 129 Å². The summed E-state index contributed by atoms with van der Waals surface area (Å²) in [6, 6.07) is 9.39. The first-order valence-corrected chi connectivity index (χ1v) is 7.15. The number of methoxy groups -OCH3 is 1. The van der Waals surface area contributed by atoms with Crippen molar-refractivity contribution in [2.24, 2.45) is 0 Å². The molecular formula is C16H21N3O3. The maximum absolute atomic E-state index is 12.4. The molecule has 6 nitrogen and oxygen atoms in total. The van der Waals surface area contributed by atoms with Gasteiger partial charge >= 0.3 is 0 Å². The molecular weight excluding hydrogens is 282 g/mol. The molecule has 0 aliphatic heterocycles. The highest BCUT2D eigenvalue weighted by molar-refractivity contribution is 5.78. The summed E-state index contributed by atoms with van der Waals surface area (Å²) >= 11 is 0. The van der Waals surface area contributed by atoms with Gasteiger partial charge in [0.25, 0.3) is 0 Å². The third-order valence-corrected chi connectivity index (χ3v) is 3.37. The van der Waals surface area contributed by atoms with E-state index in [2.05, 4.69) is 10.2 Å². The summed E-state index contributed by atoms with van der Waals surface area (Å²) < 4.78 is 5.31. The fourth-order valence-electron chi connectivity index (χ4n) is 2.28. The average Bonchev–Trinajstić information content (AvgIpc) is 2.92. The number of benzene rings is 1. The van der Waals surface area contributed by atoms with Crippen molar-refractivity contribution in [3.63, 3.8) is 0 Å². The second-order valence-corrected chi connectivity index (χ2v) is 5.07. The highest BCUT2D eigenvalue weighted by atomic mass is 16.5. The molecule has 0 saturated heterocycles. The first kappa shape index (κ1) is 16.0. The number of aryl methyl sites for hydroxylation is 1. The van der Waals surface area contributed by atoms with Crippen molar-refractivity contribution in [1.82, 2.24) is 15.1 Å². The normalized spacial score (nSPS) is 10.5. The fraction of sp³-hybridized carbons (Fsp3) is 0.375. The highest BCUT2D eigenvalue weighted by Crippen LogP contribution is 2.19. The molecule has 0 saturated carbocycles. The molecule has 22 heavy (non-hydrogen) atoms. The van der Waals surface area contributed by atoms with Gasteiger partial charge in [-0.15, -0.1) is 0 Å². The molecule has 0 spiro atoms. The molecule has 0 aliphatic rings. The number of aliphatic hydroxyl groups is 1. The third-order valence-electron chi connectivity index (χ3n) is 3.37. The van der Waals surface area contributed by atoms with E-state index in [0.29, 0.717) is 12.2 Å². The van der Waals surface area contributed by atoms with E-state index < -0.39 is 0 Å². The van der Waals surface area contributed by atoms with Gasteiger partial charge in [-0.25, -0.2) is 0 Å². The van der Waals surface area contributed by atoms with Crippen molar-refractivity contribution in [3.8, 4) is 5.75 Å². The third kappa shape index (κ3) is 4.08. The lowest BCUT2D eigenvalue weighted by Gasteiger charge is -2.22. The van der Waals surface area contributed by atoms with E-state index in [9.17, 15) is 9.90 Å². The monoisotopic (exact) mass is 303 g/mol. The lowest BCUT2D eigenvalue weighted by Crippen LogP contribution is -2.34. The summed E-state index contributed by atoms with van der Waals surface area (Å²) in [4.78, 5) is 14.0. The molecule has 0 aliphatic carbocycles. The summed E-state index contributed by atoms with van der Waals surface area (Å²) in [6.45, 7) is 2.48. The van der Waals surface area contributed by atoms with Gasteiger partial charge in [-0.05, 0) is 19.1 Å². The number of aromatic nitrogens is 2. The van der Waals surface area contributed by atoms with Crippen LogP contribution in [0, 0.1) is 6.92 Å². The predicted molar refractivity (Wildman–Crippen MR) is 82.5 cm³/mol. The summed E-state index contributed by atoms with van der Waals surface area (Å²) in [5.74, 6) is 0.653. The summed E-state index contributed by atoms with van der Waals surface area (Å²) in [7, 11) is 1.60. The van der Waals surface area contributed by atoms with Gasteiger partial charge in [0.1, 0.15) is 5.75 Å². The zero-order valence-electron chi connectivity index (χ0n) is 12.9. The van der Waals surface area contributed by atoms with Gasteiger partial charge in [0, 0.05) is 24.3 Å². The molecule has 1 aromatic heterocycles. The van der Waals surface area contributed by atoms with Gasteiger partial charge < -0.3 is 14.7 Å². The molecule has 6 heteroatoms. The Bertz CT molecular complexity index is 625. The van der Waals surface area contributed by atoms with Gasteiger partial charge in [0.05, 0.1) is 25.8 Å². The molecule has 1 amide bonds. The first-order valence-electron chi connectivity index (χ1n) is 7.15. The van der Waals surface area contributed by atoms with E-state index in [4.69, 9.17) is 4.74 Å². The number of amides is 1. The average molecular weight is 303 g/mol. The van der Waals surface area contributed by atoms with Crippen LogP contribution in [0.5, 0.6) is 5.75 Å². The number of aliphatic hydroxyl groups excluding tert-OH is 1. The molecule has 0 bridgehead atoms. The zero-order chi connectivity index (χ0) is 15.9. The van der Waals surface area contributed by atoms with Gasteiger partial charge in [0.15, 0.2) is 0 Å². The van der Waals surface area contributed by atoms with Crippen LogP contribution in [0.1, 0.15) is 17.0 Å². The Morgan fingerprint density at radius 1 is 1.41 bits per heavy atom. The number of hydrogen-bond donors (Lipinski definition) is 2. The van der Waals surface area contributed by atoms with Gasteiger partial charge in [0.2, 0.25) is 5.91 Å². The molecule has 2 rings (SSSR count). The Morgan fingerprint density at radius 2 is 2.18 bits per heavy atom. The Hall–Kier alpha value is -2.34. The molecule has 0 unspecified atom stereocenters. The standard InChI is InChI=1S/C16H21N3O3/c1-12-9-14(18-17-12)10-16(21)19(7-8-20)11-13-5-3-4-6-15(13)22-2/h3-6,9,20H,7-8,10-11H2,1-2H3,(H,17,18). The minimum Gasteiger partial charge on any atom is -0.496 e. The van der Waals surface area contributed by atoms with Crippen LogP contribution < -0.4 is 4.74 Å². The van der Waals surface area contributed by atoms with Crippen LogP contribution in [0.4, 0.5) is 0 Å². The minimum atomic E-state index is -0.0829. The lowest BCUT2D eigenvalue weighted by molar-refractivity contribution is -0.131. The van der Waals surface area contributed by atoms with Crippen LogP contribution in [-0.2, 0) is 17.8 Å². The molecule has 1 heterocycles. The smallest absolute Gasteiger partial charge is 0.229 e. The van der Waals surface area contributed by atoms with Crippen molar-refractivity contribution >= 4 is 5.91 Å². The van der Waals surface area contributed by atoms with Gasteiger partial charge in [-0.2, -0.15) is 5.10 Å². The number of nitrogens with one attached hydrogen (secondary N) is 1. The number of ether oxygens (including phenoxy) is 1. The zero-order valence-corrected chi connectivity index (χ0v) is 12.9. The van der Waals surface area contributed by atoms with Crippen molar-refractivity contribution in [3.05, 3.63) is 47.3 Å². The van der Waals surface area contributed by atoms with Crippen LogP contribution in [0.2, 0.25) is 0 Å². The van der Waals surface area contributed by atoms with Crippen LogP contribution in [0.3, 0.4) is 0 Å². The summed E-state index contributed by atoms with van der Waals surface area (Å²) in [6.07, 6.45) is 0.208. The van der Waals surface area contributed by atoms with E-state index in [1.54, 1.807) is 12.0 Å². The number of nitrogens with zero attached hydrogens (tertiary/aromatic N) is 2. The Morgan fingerprint density at radius 3 is 2.82 bits per heavy atom. The maximum Gasteiger partial charge on any atom is 0.229 e. The molecule has 0 fully saturated rings. The van der Waals surface area contributed by atoms with Crippen molar-refractivity contribution in [1.29, 1.82) is 0 Å². The van der Waals surface area contributed by atoms with Crippen molar-refractivity contribution in [2.75, 3.05) is 20.3 Å². The quantitative estimate of drug-likeness (QED) is 0.808. The number of aromatic amines is 1. The molecule has 0 radical (unpaired) electrons. The lowest BCUT2D eigenvalue weighted by atomic mass is 10.1. The Kier molecular flexibility index (Phi) is 5.55.